The quantitative estimate of drug-likeness (QED) is 0.474. The van der Waals surface area contributed by atoms with Crippen LogP contribution in [-0.4, -0.2) is 23.8 Å². The largest absolute Gasteiger partial charge is 0.454 e. The Bertz CT molecular complexity index is 1230. The van der Waals surface area contributed by atoms with Crippen molar-refractivity contribution in [2.45, 2.75) is 19.4 Å². The molecule has 5 rings (SSSR count). The van der Waals surface area contributed by atoms with E-state index >= 15 is 0 Å². The van der Waals surface area contributed by atoms with Crippen LogP contribution in [0.2, 0.25) is 0 Å². The maximum absolute atomic E-state index is 13.1. The van der Waals surface area contributed by atoms with Crippen LogP contribution in [0.3, 0.4) is 0 Å². The molecule has 0 spiro atoms. The summed E-state index contributed by atoms with van der Waals surface area (Å²) in [5, 5.41) is 9.75. The Labute approximate surface area is 180 Å². The van der Waals surface area contributed by atoms with Crippen molar-refractivity contribution in [2.24, 2.45) is 0 Å². The Balaban J connectivity index is 1.44. The minimum atomic E-state index is -0.268. The molecule has 1 atom stereocenters. The van der Waals surface area contributed by atoms with E-state index in [1.54, 1.807) is 11.0 Å². The van der Waals surface area contributed by atoms with E-state index in [0.717, 1.165) is 40.4 Å². The van der Waals surface area contributed by atoms with Crippen LogP contribution < -0.4 is 14.4 Å². The Morgan fingerprint density at radius 1 is 1.13 bits per heavy atom. The number of para-hydroxylation sites is 1. The fraction of sp³-hybridized carbons (Fsp3) is 0.200. The van der Waals surface area contributed by atoms with Gasteiger partial charge in [-0.1, -0.05) is 24.3 Å². The highest BCUT2D eigenvalue weighted by Crippen LogP contribution is 2.35. The fourth-order valence-corrected chi connectivity index (χ4v) is 4.20. The number of nitriles is 1. The van der Waals surface area contributed by atoms with E-state index in [1.165, 1.54) is 0 Å². The first-order valence-electron chi connectivity index (χ1n) is 10.2. The number of benzene rings is 2. The molecule has 154 valence electrons. The zero-order valence-corrected chi connectivity index (χ0v) is 17.1. The van der Waals surface area contributed by atoms with E-state index in [1.807, 2.05) is 65.4 Å². The van der Waals surface area contributed by atoms with Crippen molar-refractivity contribution in [3.8, 4) is 17.6 Å². The van der Waals surface area contributed by atoms with Gasteiger partial charge in [-0.25, -0.2) is 0 Å². The van der Waals surface area contributed by atoms with Gasteiger partial charge in [0.2, 0.25) is 6.79 Å². The third-order valence-corrected chi connectivity index (χ3v) is 5.88. The average Bonchev–Trinajstić information content (AvgIpc) is 3.55. The second kappa shape index (κ2) is 7.69. The predicted molar refractivity (Wildman–Crippen MR) is 117 cm³/mol. The van der Waals surface area contributed by atoms with Gasteiger partial charge in [0.25, 0.3) is 5.91 Å². The van der Waals surface area contributed by atoms with Gasteiger partial charge in [0.1, 0.15) is 11.6 Å². The smallest absolute Gasteiger partial charge is 0.269 e. The van der Waals surface area contributed by atoms with Gasteiger partial charge in [-0.05, 0) is 60.9 Å². The summed E-state index contributed by atoms with van der Waals surface area (Å²) in [4.78, 5) is 14.8. The SMILES string of the molecule is C[C@@H](c1ccc2c(c1)OCO2)n1cccc1/C=C(/C#N)C(=O)N1CCc2ccccc21. The van der Waals surface area contributed by atoms with Crippen molar-refractivity contribution in [2.75, 3.05) is 18.2 Å². The fourth-order valence-electron chi connectivity index (χ4n) is 4.20. The number of carbonyl (C=O) groups excluding carboxylic acids is 1. The Morgan fingerprint density at radius 2 is 1.97 bits per heavy atom. The highest BCUT2D eigenvalue weighted by molar-refractivity contribution is 6.12. The van der Waals surface area contributed by atoms with Crippen LogP contribution in [0.1, 0.15) is 29.8 Å². The van der Waals surface area contributed by atoms with Gasteiger partial charge in [0.05, 0.1) is 6.04 Å². The molecule has 0 unspecified atom stereocenters. The number of carbonyl (C=O) groups is 1. The summed E-state index contributed by atoms with van der Waals surface area (Å²) in [7, 11) is 0. The lowest BCUT2D eigenvalue weighted by molar-refractivity contribution is -0.114. The third-order valence-electron chi connectivity index (χ3n) is 5.88. The van der Waals surface area contributed by atoms with Crippen LogP contribution in [0.25, 0.3) is 6.08 Å². The topological polar surface area (TPSA) is 67.5 Å². The normalized spacial score (nSPS) is 15.5. The van der Waals surface area contributed by atoms with Crippen molar-refractivity contribution in [1.82, 2.24) is 4.57 Å². The molecular formula is C25H21N3O3. The summed E-state index contributed by atoms with van der Waals surface area (Å²) >= 11 is 0. The van der Waals surface area contributed by atoms with Gasteiger partial charge in [0, 0.05) is 24.1 Å². The Kier molecular flexibility index (Phi) is 4.72. The molecule has 0 radical (unpaired) electrons. The Hall–Kier alpha value is -3.98. The van der Waals surface area contributed by atoms with E-state index in [-0.39, 0.29) is 24.3 Å². The molecule has 2 aromatic carbocycles. The highest BCUT2D eigenvalue weighted by atomic mass is 16.7. The van der Waals surface area contributed by atoms with Crippen molar-refractivity contribution >= 4 is 17.7 Å². The monoisotopic (exact) mass is 411 g/mol. The molecular weight excluding hydrogens is 390 g/mol. The summed E-state index contributed by atoms with van der Waals surface area (Å²) in [5.41, 5.74) is 3.98. The molecule has 0 N–H and O–H groups in total. The van der Waals surface area contributed by atoms with E-state index in [4.69, 9.17) is 9.47 Å². The highest BCUT2D eigenvalue weighted by Gasteiger charge is 2.27. The number of anilines is 1. The summed E-state index contributed by atoms with van der Waals surface area (Å²) in [5.74, 6) is 1.21. The zero-order valence-electron chi connectivity index (χ0n) is 17.1. The lowest BCUT2D eigenvalue weighted by Crippen LogP contribution is -2.29. The molecule has 1 amide bonds. The molecule has 1 aromatic heterocycles. The van der Waals surface area contributed by atoms with Crippen molar-refractivity contribution in [1.29, 1.82) is 5.26 Å². The van der Waals surface area contributed by atoms with Crippen LogP contribution in [0.4, 0.5) is 5.69 Å². The van der Waals surface area contributed by atoms with Crippen LogP contribution in [0.15, 0.2) is 66.4 Å². The number of amides is 1. The second-order valence-corrected chi connectivity index (χ2v) is 7.63. The van der Waals surface area contributed by atoms with Gasteiger partial charge in [-0.15, -0.1) is 0 Å². The van der Waals surface area contributed by atoms with Gasteiger partial charge in [0.15, 0.2) is 11.5 Å². The van der Waals surface area contributed by atoms with Crippen LogP contribution in [0, 0.1) is 11.3 Å². The van der Waals surface area contributed by atoms with Gasteiger partial charge >= 0.3 is 0 Å². The predicted octanol–water partition coefficient (Wildman–Crippen LogP) is 4.32. The van der Waals surface area contributed by atoms with Gasteiger partial charge in [-0.3, -0.25) is 4.79 Å². The Morgan fingerprint density at radius 3 is 2.84 bits per heavy atom. The van der Waals surface area contributed by atoms with Gasteiger partial charge < -0.3 is 18.9 Å². The van der Waals surface area contributed by atoms with Crippen molar-refractivity contribution in [3.63, 3.8) is 0 Å². The summed E-state index contributed by atoms with van der Waals surface area (Å²) in [6.45, 7) is 2.89. The zero-order chi connectivity index (χ0) is 21.4. The second-order valence-electron chi connectivity index (χ2n) is 7.63. The molecule has 0 saturated carbocycles. The maximum Gasteiger partial charge on any atom is 0.269 e. The molecule has 6 heteroatoms. The molecule has 31 heavy (non-hydrogen) atoms. The summed E-state index contributed by atoms with van der Waals surface area (Å²) in [6.07, 6.45) is 4.43. The van der Waals surface area contributed by atoms with Crippen molar-refractivity contribution in [3.05, 3.63) is 83.2 Å². The molecule has 3 heterocycles. The van der Waals surface area contributed by atoms with E-state index < -0.39 is 0 Å². The number of hydrogen-bond donors (Lipinski definition) is 0. The van der Waals surface area contributed by atoms with Crippen molar-refractivity contribution < 1.29 is 14.3 Å². The molecule has 0 bridgehead atoms. The van der Waals surface area contributed by atoms with Crippen LogP contribution in [-0.2, 0) is 11.2 Å². The minimum absolute atomic E-state index is 0.0155. The molecule has 0 saturated heterocycles. The molecule has 6 nitrogen and oxygen atoms in total. The van der Waals surface area contributed by atoms with E-state index in [0.29, 0.717) is 6.54 Å². The minimum Gasteiger partial charge on any atom is -0.454 e. The van der Waals surface area contributed by atoms with Gasteiger partial charge in [-0.2, -0.15) is 5.26 Å². The standard InChI is InChI=1S/C25H21N3O3/c1-17(19-8-9-23-24(14-19)31-16-30-23)27-11-4-6-21(27)13-20(15-26)25(29)28-12-10-18-5-2-3-7-22(18)28/h2-9,11,13-14,17H,10,12,16H2,1H3/b20-13-/t17-/m0/s1. The maximum atomic E-state index is 13.1. The van der Waals surface area contributed by atoms with E-state index in [9.17, 15) is 10.1 Å². The molecule has 2 aliphatic rings. The lowest BCUT2D eigenvalue weighted by Gasteiger charge is -2.19. The average molecular weight is 411 g/mol. The number of ether oxygens (including phenoxy) is 2. The molecule has 2 aliphatic heterocycles. The first-order chi connectivity index (χ1) is 15.2. The number of fused-ring (bicyclic) bond motifs is 2. The number of rotatable bonds is 4. The summed E-state index contributed by atoms with van der Waals surface area (Å²) in [6, 6.07) is 19.6. The van der Waals surface area contributed by atoms with E-state index in [2.05, 4.69) is 13.0 Å². The molecule has 0 fully saturated rings. The number of nitrogens with zero attached hydrogens (tertiary/aromatic N) is 3. The molecule has 3 aromatic rings. The first-order valence-corrected chi connectivity index (χ1v) is 10.2. The lowest BCUT2D eigenvalue weighted by atomic mass is 10.1. The number of aromatic nitrogens is 1. The molecule has 0 aliphatic carbocycles. The number of hydrogen-bond acceptors (Lipinski definition) is 4. The van der Waals surface area contributed by atoms with Crippen LogP contribution in [0.5, 0.6) is 11.5 Å². The van der Waals surface area contributed by atoms with Crippen LogP contribution >= 0.6 is 0 Å². The summed E-state index contributed by atoms with van der Waals surface area (Å²) < 4.78 is 12.9. The third kappa shape index (κ3) is 3.34. The first kappa shape index (κ1) is 19.0.